The molecule has 0 spiro atoms. The van der Waals surface area contributed by atoms with Crippen LogP contribution in [0.5, 0.6) is 0 Å². The maximum atomic E-state index is 12.5. The molecule has 0 fully saturated rings. The lowest BCUT2D eigenvalue weighted by Gasteiger charge is -2.43. The minimum atomic E-state index is -1.63. The molecule has 0 amide bonds. The molecular formula is C24H56O8Si6. The van der Waals surface area contributed by atoms with Crippen molar-refractivity contribution in [1.29, 1.82) is 0 Å². The molecule has 0 bridgehead atoms. The van der Waals surface area contributed by atoms with Crippen LogP contribution in [0.1, 0.15) is 68.2 Å². The van der Waals surface area contributed by atoms with Crippen molar-refractivity contribution in [3.63, 3.8) is 0 Å². The summed E-state index contributed by atoms with van der Waals surface area (Å²) in [5.41, 5.74) is -0.969. The smallest absolute Gasteiger partial charge is 0.332 e. The molecule has 0 unspecified atom stereocenters. The van der Waals surface area contributed by atoms with Crippen LogP contribution in [0.15, 0.2) is 11.1 Å². The van der Waals surface area contributed by atoms with Gasteiger partial charge in [0, 0.05) is 11.1 Å². The molecule has 0 aromatic heterocycles. The molecule has 0 saturated heterocycles. The molecule has 14 heteroatoms. The number of hydrogen-bond donors (Lipinski definition) is 2. The maximum absolute atomic E-state index is 12.5. The van der Waals surface area contributed by atoms with Crippen LogP contribution < -0.4 is 0 Å². The monoisotopic (exact) mass is 640 g/mol. The third-order valence-corrected chi connectivity index (χ3v) is 22.1. The summed E-state index contributed by atoms with van der Waals surface area (Å²) in [7, 11) is -7.48. The molecular weight excluding hydrogens is 585 g/mol. The zero-order valence-corrected chi connectivity index (χ0v) is 34.2. The van der Waals surface area contributed by atoms with Crippen molar-refractivity contribution in [3.8, 4) is 0 Å². The van der Waals surface area contributed by atoms with Crippen molar-refractivity contribution in [2.24, 2.45) is 10.8 Å². The number of rotatable bonds is 18. The summed E-state index contributed by atoms with van der Waals surface area (Å²) >= 11 is 0. The lowest BCUT2D eigenvalue weighted by atomic mass is 9.71. The summed E-state index contributed by atoms with van der Waals surface area (Å²) in [5, 5.41) is 19.9. The van der Waals surface area contributed by atoms with Crippen molar-refractivity contribution in [2.45, 2.75) is 118 Å². The quantitative estimate of drug-likeness (QED) is 0.133. The van der Waals surface area contributed by atoms with E-state index in [-0.39, 0.29) is 34.1 Å². The average molecular weight is 641 g/mol. The Morgan fingerprint density at radius 3 is 1.08 bits per heavy atom. The largest absolute Gasteiger partial charge is 0.478 e. The molecule has 0 aliphatic rings. The van der Waals surface area contributed by atoms with Crippen molar-refractivity contribution < 1.29 is 36.3 Å². The Morgan fingerprint density at radius 1 is 0.605 bits per heavy atom. The highest BCUT2D eigenvalue weighted by Crippen LogP contribution is 2.51. The first-order valence-corrected chi connectivity index (χ1v) is 25.1. The Labute approximate surface area is 243 Å². The first-order valence-electron chi connectivity index (χ1n) is 13.4. The van der Waals surface area contributed by atoms with E-state index >= 15 is 0 Å². The van der Waals surface area contributed by atoms with Crippen LogP contribution in [0.25, 0.3) is 0 Å². The molecule has 0 aliphatic carbocycles. The van der Waals surface area contributed by atoms with Gasteiger partial charge in [0.25, 0.3) is 20.0 Å². The highest BCUT2D eigenvalue weighted by atomic mass is 28.4. The van der Waals surface area contributed by atoms with Crippen LogP contribution in [-0.2, 0) is 26.0 Å². The van der Waals surface area contributed by atoms with Crippen molar-refractivity contribution in [3.05, 3.63) is 11.1 Å². The summed E-state index contributed by atoms with van der Waals surface area (Å²) < 4.78 is 24.1. The van der Waals surface area contributed by atoms with Gasteiger partial charge in [0.1, 0.15) is 0 Å². The molecule has 8 nitrogen and oxygen atoms in total. The van der Waals surface area contributed by atoms with E-state index in [9.17, 15) is 19.8 Å². The summed E-state index contributed by atoms with van der Waals surface area (Å²) in [5.74, 6) is -2.33. The minimum absolute atomic E-state index is 0.0110. The molecule has 0 heterocycles. The fourth-order valence-electron chi connectivity index (χ4n) is 3.41. The predicted molar refractivity (Wildman–Crippen MR) is 172 cm³/mol. The van der Waals surface area contributed by atoms with E-state index in [1.807, 2.05) is 27.7 Å². The first-order chi connectivity index (χ1) is 16.7. The summed E-state index contributed by atoms with van der Waals surface area (Å²) in [6, 6.07) is 0. The number of carboxylic acid groups (broad SMARTS) is 2. The van der Waals surface area contributed by atoms with E-state index in [2.05, 4.69) is 67.0 Å². The standard InChI is InChI=1S/C24H56O8Si6/c1-21(2,23(5,6)33-29-35-31-37(9,10)11)15-17(19(25)26)18(20(27)28)16-22(3,4)24(7,8)34-30-36-32-38(12,13)14/h15-16,33-36H2,1-14H3,(H,25,26)(H,27,28)/b18-17+. The van der Waals surface area contributed by atoms with E-state index in [0.717, 1.165) is 0 Å². The second kappa shape index (κ2) is 14.1. The zero-order valence-electron chi connectivity index (χ0n) is 26.6. The first kappa shape index (κ1) is 37.8. The van der Waals surface area contributed by atoms with Crippen molar-refractivity contribution >= 4 is 68.1 Å². The van der Waals surface area contributed by atoms with Gasteiger partial charge in [0.15, 0.2) is 36.2 Å². The summed E-state index contributed by atoms with van der Waals surface area (Å²) in [6.07, 6.45) is 0.316. The van der Waals surface area contributed by atoms with Crippen LogP contribution in [-0.4, -0.2) is 78.3 Å². The third kappa shape index (κ3) is 13.0. The van der Waals surface area contributed by atoms with Gasteiger partial charge in [0.2, 0.25) is 0 Å². The SMILES string of the molecule is CC(C)(C/C(C(=O)O)=C(/CC(C)(C)C(C)(C)[SiH2]O[SiH2]O[Si](C)(C)C)C(=O)O)C(C)(C)[SiH2]O[SiH2]O[Si](C)(C)C. The molecule has 0 rings (SSSR count). The summed E-state index contributed by atoms with van der Waals surface area (Å²) in [6.45, 7) is 29.3. The van der Waals surface area contributed by atoms with Crippen LogP contribution in [0.2, 0.25) is 49.4 Å². The second-order valence-corrected chi connectivity index (χ2v) is 33.5. The molecule has 38 heavy (non-hydrogen) atoms. The molecule has 0 aliphatic heterocycles. The van der Waals surface area contributed by atoms with Crippen LogP contribution in [0.4, 0.5) is 0 Å². The lowest BCUT2D eigenvalue weighted by molar-refractivity contribution is -0.136. The number of hydrogen-bond acceptors (Lipinski definition) is 6. The Morgan fingerprint density at radius 2 is 0.868 bits per heavy atom. The molecule has 0 aromatic rings. The molecule has 0 aromatic carbocycles. The van der Waals surface area contributed by atoms with Gasteiger partial charge in [-0.3, -0.25) is 0 Å². The highest BCUT2D eigenvalue weighted by Gasteiger charge is 2.43. The minimum Gasteiger partial charge on any atom is -0.478 e. The number of carbonyl (C=O) groups is 2. The van der Waals surface area contributed by atoms with Gasteiger partial charge in [-0.15, -0.1) is 0 Å². The van der Waals surface area contributed by atoms with E-state index in [1.54, 1.807) is 0 Å². The molecule has 2 N–H and O–H groups in total. The van der Waals surface area contributed by atoms with E-state index in [4.69, 9.17) is 16.5 Å². The Balaban J connectivity index is 5.89. The normalized spacial score (nSPS) is 16.2. The Bertz CT molecular complexity index is 774. The number of aliphatic carboxylic acids is 2. The van der Waals surface area contributed by atoms with Gasteiger partial charge >= 0.3 is 11.9 Å². The van der Waals surface area contributed by atoms with Crippen LogP contribution in [0, 0.1) is 10.8 Å². The van der Waals surface area contributed by atoms with Gasteiger partial charge in [-0.05, 0) is 73.0 Å². The lowest BCUT2D eigenvalue weighted by Crippen LogP contribution is -2.38. The molecule has 0 saturated carbocycles. The van der Waals surface area contributed by atoms with E-state index in [0.29, 0.717) is 0 Å². The van der Waals surface area contributed by atoms with Gasteiger partial charge in [-0.25, -0.2) is 9.59 Å². The van der Waals surface area contributed by atoms with Crippen LogP contribution in [0.3, 0.4) is 0 Å². The van der Waals surface area contributed by atoms with E-state index < -0.39 is 78.9 Å². The highest BCUT2D eigenvalue weighted by molar-refractivity contribution is 6.74. The topological polar surface area (TPSA) is 112 Å². The predicted octanol–water partition coefficient (Wildman–Crippen LogP) is 3.58. The number of carboxylic acids is 2. The fourth-order valence-corrected chi connectivity index (χ4v) is 14.2. The molecule has 0 radical (unpaired) electrons. The van der Waals surface area contributed by atoms with Gasteiger partial charge in [-0.2, -0.15) is 0 Å². The van der Waals surface area contributed by atoms with E-state index in [1.165, 1.54) is 0 Å². The van der Waals surface area contributed by atoms with Gasteiger partial charge in [0.05, 0.1) is 0 Å². The Kier molecular flexibility index (Phi) is 14.1. The zero-order chi connectivity index (χ0) is 30.4. The van der Waals surface area contributed by atoms with Gasteiger partial charge in [-0.1, -0.05) is 55.4 Å². The summed E-state index contributed by atoms with van der Waals surface area (Å²) in [4.78, 5) is 25.0. The van der Waals surface area contributed by atoms with Gasteiger partial charge < -0.3 is 26.7 Å². The Hall–Kier alpha value is -0.179. The van der Waals surface area contributed by atoms with Crippen molar-refractivity contribution in [1.82, 2.24) is 0 Å². The second-order valence-electron chi connectivity index (χ2n) is 14.9. The third-order valence-electron chi connectivity index (χ3n) is 7.86. The van der Waals surface area contributed by atoms with Crippen LogP contribution >= 0.6 is 0 Å². The molecule has 0 atom stereocenters. The average Bonchev–Trinajstić information content (AvgIpc) is 2.69. The fraction of sp³-hybridized carbons (Fsp3) is 0.833. The molecule has 224 valence electrons. The maximum Gasteiger partial charge on any atom is 0.332 e. The van der Waals surface area contributed by atoms with Crippen molar-refractivity contribution in [2.75, 3.05) is 0 Å².